The molecule has 0 aliphatic rings. The van der Waals surface area contributed by atoms with E-state index >= 15 is 0 Å². The van der Waals surface area contributed by atoms with Gasteiger partial charge in [-0.05, 0) is 7.05 Å². The second-order valence-electron chi connectivity index (χ2n) is 1.42. The molecule has 1 N–H and O–H groups in total. The maximum Gasteiger partial charge on any atom is 0.142 e. The second-order valence-corrected chi connectivity index (χ2v) is 1.42. The third kappa shape index (κ3) is 3.69. The molecule has 0 aromatic carbocycles. The molecule has 0 atom stereocenters. The lowest BCUT2D eigenvalue weighted by Gasteiger charge is -2.06. The zero-order valence-corrected chi connectivity index (χ0v) is 4.39. The van der Waals surface area contributed by atoms with Gasteiger partial charge in [-0.1, -0.05) is 0 Å². The van der Waals surface area contributed by atoms with E-state index in [9.17, 15) is 4.39 Å². The Morgan fingerprint density at radius 2 is 2.29 bits per heavy atom. The largest absolute Gasteiger partial charge is 0.395 e. The lowest BCUT2D eigenvalue weighted by atomic mass is 10.6. The van der Waals surface area contributed by atoms with E-state index in [0.29, 0.717) is 6.54 Å². The Morgan fingerprint density at radius 3 is 2.43 bits per heavy atom. The molecule has 0 spiro atoms. The Balaban J connectivity index is 2.83. The maximum absolute atomic E-state index is 11.4. The standard InChI is InChI=1S/C4H10FNO/c1-6(4-5)2-3-7/h7H,2-4H2,1H3/i5-1. The minimum absolute atomic E-state index is 0.0282. The summed E-state index contributed by atoms with van der Waals surface area (Å²) in [6.45, 7) is -0.0442. The van der Waals surface area contributed by atoms with Gasteiger partial charge in [-0.15, -0.1) is 0 Å². The van der Waals surface area contributed by atoms with Crippen LogP contribution in [0.4, 0.5) is 4.39 Å². The molecule has 0 aromatic heterocycles. The van der Waals surface area contributed by atoms with Gasteiger partial charge in [0.15, 0.2) is 0 Å². The summed E-state index contributed by atoms with van der Waals surface area (Å²) in [6.07, 6.45) is 0. The Hall–Kier alpha value is -0.150. The smallest absolute Gasteiger partial charge is 0.142 e. The van der Waals surface area contributed by atoms with E-state index in [1.54, 1.807) is 7.05 Å². The summed E-state index contributed by atoms with van der Waals surface area (Å²) in [5.41, 5.74) is 0. The molecular weight excluding hydrogens is 96.1 g/mol. The fourth-order valence-electron chi connectivity index (χ4n) is 0.230. The molecule has 3 heteroatoms. The van der Waals surface area contributed by atoms with Crippen LogP contribution in [0, 0.1) is 0 Å². The molecule has 0 saturated heterocycles. The first kappa shape index (κ1) is 6.85. The number of hydrogen-bond donors (Lipinski definition) is 1. The van der Waals surface area contributed by atoms with Gasteiger partial charge in [0, 0.05) is 6.54 Å². The van der Waals surface area contributed by atoms with Crippen molar-refractivity contribution in [2.24, 2.45) is 0 Å². The zero-order valence-electron chi connectivity index (χ0n) is 4.39. The fraction of sp³-hybridized carbons (Fsp3) is 1.00. The van der Waals surface area contributed by atoms with Crippen LogP contribution in [-0.4, -0.2) is 37.0 Å². The maximum atomic E-state index is 11.4. The molecule has 0 rings (SSSR count). The zero-order chi connectivity index (χ0) is 5.70. The molecule has 0 bridgehead atoms. The van der Waals surface area contributed by atoms with Crippen molar-refractivity contribution in [2.45, 2.75) is 0 Å². The lowest BCUT2D eigenvalue weighted by Crippen LogP contribution is -2.20. The van der Waals surface area contributed by atoms with Crippen molar-refractivity contribution in [3.05, 3.63) is 0 Å². The van der Waals surface area contributed by atoms with E-state index in [-0.39, 0.29) is 6.61 Å². The predicted molar refractivity (Wildman–Crippen MR) is 25.7 cm³/mol. The summed E-state index contributed by atoms with van der Waals surface area (Å²) in [5, 5.41) is 8.16. The molecule has 0 unspecified atom stereocenters. The van der Waals surface area contributed by atoms with Crippen LogP contribution in [0.15, 0.2) is 0 Å². The van der Waals surface area contributed by atoms with Gasteiger partial charge in [-0.3, -0.25) is 4.90 Å². The molecule has 2 nitrogen and oxygen atoms in total. The van der Waals surface area contributed by atoms with Crippen LogP contribution in [0.3, 0.4) is 0 Å². The molecule has 0 amide bonds. The van der Waals surface area contributed by atoms with E-state index in [2.05, 4.69) is 0 Å². The van der Waals surface area contributed by atoms with E-state index in [0.717, 1.165) is 0 Å². The summed E-state index contributed by atoms with van der Waals surface area (Å²) >= 11 is 0. The summed E-state index contributed by atoms with van der Waals surface area (Å²) in [6, 6.07) is 0. The van der Waals surface area contributed by atoms with Crippen LogP contribution < -0.4 is 0 Å². The van der Waals surface area contributed by atoms with Gasteiger partial charge in [0.25, 0.3) is 0 Å². The number of aliphatic hydroxyl groups excluding tert-OH is 1. The lowest BCUT2D eigenvalue weighted by molar-refractivity contribution is 0.174. The summed E-state index contributed by atoms with van der Waals surface area (Å²) < 4.78 is 11.4. The highest BCUT2D eigenvalue weighted by Gasteiger charge is 1.90. The Kier molecular flexibility index (Phi) is 3.93. The molecule has 0 aliphatic heterocycles. The third-order valence-electron chi connectivity index (χ3n) is 0.686. The summed E-state index contributed by atoms with van der Waals surface area (Å²) in [5.74, 6) is 0. The van der Waals surface area contributed by atoms with Gasteiger partial charge in [-0.25, -0.2) is 4.39 Å². The molecule has 0 radical (unpaired) electrons. The van der Waals surface area contributed by atoms with Gasteiger partial charge in [0.1, 0.15) is 6.80 Å². The highest BCUT2D eigenvalue weighted by molar-refractivity contribution is 4.37. The first-order chi connectivity index (χ1) is 3.31. The summed E-state index contributed by atoms with van der Waals surface area (Å²) in [7, 11) is 1.61. The molecule has 0 heterocycles. The van der Waals surface area contributed by atoms with Crippen molar-refractivity contribution < 1.29 is 9.50 Å². The number of aliphatic hydroxyl groups is 1. The minimum atomic E-state index is -0.486. The highest BCUT2D eigenvalue weighted by Crippen LogP contribution is 1.77. The van der Waals surface area contributed by atoms with Crippen molar-refractivity contribution in [1.82, 2.24) is 4.90 Å². The normalized spacial score (nSPS) is 10.3. The monoisotopic (exact) mass is 106 g/mol. The van der Waals surface area contributed by atoms with Gasteiger partial charge < -0.3 is 5.11 Å². The van der Waals surface area contributed by atoms with Crippen molar-refractivity contribution in [3.63, 3.8) is 0 Å². The van der Waals surface area contributed by atoms with E-state index in [1.807, 2.05) is 0 Å². The fourth-order valence-corrected chi connectivity index (χ4v) is 0.230. The average molecular weight is 106 g/mol. The van der Waals surface area contributed by atoms with Crippen LogP contribution in [0.5, 0.6) is 0 Å². The number of likely N-dealkylation sites (N-methyl/N-ethyl adjacent to an activating group) is 1. The SMILES string of the molecule is CN(C[18F])CCO. The third-order valence-corrected chi connectivity index (χ3v) is 0.686. The van der Waals surface area contributed by atoms with Gasteiger partial charge in [-0.2, -0.15) is 0 Å². The number of halogens is 1. The van der Waals surface area contributed by atoms with Crippen molar-refractivity contribution in [3.8, 4) is 0 Å². The Morgan fingerprint density at radius 1 is 1.71 bits per heavy atom. The van der Waals surface area contributed by atoms with Crippen LogP contribution in [0.25, 0.3) is 0 Å². The summed E-state index contributed by atoms with van der Waals surface area (Å²) in [4.78, 5) is 1.39. The number of nitrogens with zero attached hydrogens (tertiary/aromatic N) is 1. The van der Waals surface area contributed by atoms with Crippen molar-refractivity contribution in [2.75, 3.05) is 27.0 Å². The van der Waals surface area contributed by atoms with Crippen LogP contribution >= 0.6 is 0 Å². The molecule has 7 heavy (non-hydrogen) atoms. The van der Waals surface area contributed by atoms with Gasteiger partial charge >= 0.3 is 0 Å². The molecular formula is C4H10FNO. The predicted octanol–water partition coefficient (Wildman–Crippen LogP) is -0.163. The van der Waals surface area contributed by atoms with Crippen LogP contribution in [0.1, 0.15) is 0 Å². The van der Waals surface area contributed by atoms with Crippen LogP contribution in [-0.2, 0) is 0 Å². The second kappa shape index (κ2) is 4.02. The molecule has 0 aromatic rings. The quantitative estimate of drug-likeness (QED) is 0.505. The molecule has 0 saturated carbocycles. The van der Waals surface area contributed by atoms with E-state index < -0.39 is 6.80 Å². The van der Waals surface area contributed by atoms with Gasteiger partial charge in [0.05, 0.1) is 6.61 Å². The Bertz CT molecular complexity index is 42.7. The topological polar surface area (TPSA) is 23.5 Å². The number of alkyl halides is 1. The molecule has 0 fully saturated rings. The van der Waals surface area contributed by atoms with Crippen molar-refractivity contribution >= 4 is 0 Å². The minimum Gasteiger partial charge on any atom is -0.395 e. The van der Waals surface area contributed by atoms with E-state index in [1.165, 1.54) is 4.90 Å². The van der Waals surface area contributed by atoms with Crippen LogP contribution in [0.2, 0.25) is 0 Å². The molecule has 44 valence electrons. The first-order valence-corrected chi connectivity index (χ1v) is 2.16. The number of rotatable bonds is 3. The van der Waals surface area contributed by atoms with Gasteiger partial charge in [0.2, 0.25) is 0 Å². The van der Waals surface area contributed by atoms with E-state index in [4.69, 9.17) is 5.11 Å². The number of hydrogen-bond acceptors (Lipinski definition) is 2. The molecule has 0 aliphatic carbocycles. The van der Waals surface area contributed by atoms with Crippen molar-refractivity contribution in [1.29, 1.82) is 0 Å². The highest BCUT2D eigenvalue weighted by atomic mass is 18.2. The average Bonchev–Trinajstić information content (AvgIpc) is 1.68. The Labute approximate surface area is 42.6 Å². The first-order valence-electron chi connectivity index (χ1n) is 2.16.